The highest BCUT2D eigenvalue weighted by molar-refractivity contribution is 6.00. The van der Waals surface area contributed by atoms with Gasteiger partial charge in [-0.05, 0) is 6.92 Å². The number of Topliss-reactive ketones (excluding diaryl/α,β-unsaturated/α-hetero) is 1. The van der Waals surface area contributed by atoms with E-state index in [4.69, 9.17) is 10.8 Å². The van der Waals surface area contributed by atoms with E-state index in [1.807, 2.05) is 6.07 Å². The number of benzene rings is 1. The number of rotatable bonds is 3. The van der Waals surface area contributed by atoms with E-state index in [1.165, 1.54) is 6.92 Å². The molecule has 0 aliphatic carbocycles. The van der Waals surface area contributed by atoms with E-state index in [0.717, 1.165) is 0 Å². The van der Waals surface area contributed by atoms with Crippen LogP contribution < -0.4 is 5.73 Å². The molecule has 0 aliphatic rings. The fourth-order valence-corrected chi connectivity index (χ4v) is 1.01. The van der Waals surface area contributed by atoms with Gasteiger partial charge in [0.15, 0.2) is 5.78 Å². The first-order chi connectivity index (χ1) is 6.13. The predicted octanol–water partition coefficient (Wildman–Crippen LogP) is 0.577. The Hall–Kier alpha value is -1.19. The Labute approximate surface area is 77.2 Å². The van der Waals surface area contributed by atoms with E-state index in [1.54, 1.807) is 24.3 Å². The van der Waals surface area contributed by atoms with Gasteiger partial charge in [0, 0.05) is 5.56 Å². The zero-order chi connectivity index (χ0) is 9.84. The number of hydrogen-bond donors (Lipinski definition) is 2. The van der Waals surface area contributed by atoms with Crippen LogP contribution in [0.3, 0.4) is 0 Å². The summed E-state index contributed by atoms with van der Waals surface area (Å²) in [6.07, 6.45) is -0.812. The second kappa shape index (κ2) is 4.16. The normalized spacial score (nSPS) is 15.0. The second-order valence-electron chi connectivity index (χ2n) is 3.00. The van der Waals surface area contributed by atoms with Gasteiger partial charge < -0.3 is 10.8 Å². The van der Waals surface area contributed by atoms with Crippen LogP contribution in [0.25, 0.3) is 0 Å². The highest BCUT2D eigenvalue weighted by Crippen LogP contribution is 2.04. The van der Waals surface area contributed by atoms with Gasteiger partial charge >= 0.3 is 0 Å². The van der Waals surface area contributed by atoms with E-state index >= 15 is 0 Å². The Morgan fingerprint density at radius 2 is 1.92 bits per heavy atom. The lowest BCUT2D eigenvalue weighted by Crippen LogP contribution is -2.40. The maximum absolute atomic E-state index is 11.5. The molecule has 0 saturated heterocycles. The van der Waals surface area contributed by atoms with Gasteiger partial charge in [0.25, 0.3) is 0 Å². The van der Waals surface area contributed by atoms with Gasteiger partial charge in [0.05, 0.1) is 12.1 Å². The second-order valence-corrected chi connectivity index (χ2v) is 3.00. The number of aliphatic hydroxyl groups excluding tert-OH is 1. The van der Waals surface area contributed by atoms with E-state index in [0.29, 0.717) is 5.56 Å². The SMILES string of the molecule is CC(O)C(N)C(=O)c1ccccc1. The summed E-state index contributed by atoms with van der Waals surface area (Å²) in [6, 6.07) is 7.89. The van der Waals surface area contributed by atoms with Crippen LogP contribution in [0.5, 0.6) is 0 Å². The van der Waals surface area contributed by atoms with Crippen molar-refractivity contribution in [1.82, 2.24) is 0 Å². The smallest absolute Gasteiger partial charge is 0.182 e. The molecule has 0 saturated carbocycles. The lowest BCUT2D eigenvalue weighted by molar-refractivity contribution is 0.0847. The van der Waals surface area contributed by atoms with Crippen molar-refractivity contribution in [3.8, 4) is 0 Å². The van der Waals surface area contributed by atoms with Crippen molar-refractivity contribution in [2.45, 2.75) is 19.1 Å². The van der Waals surface area contributed by atoms with Gasteiger partial charge in [0.1, 0.15) is 0 Å². The zero-order valence-corrected chi connectivity index (χ0v) is 7.47. The number of hydrogen-bond acceptors (Lipinski definition) is 3. The molecular formula is C10H13NO2. The lowest BCUT2D eigenvalue weighted by Gasteiger charge is -2.12. The fourth-order valence-electron chi connectivity index (χ4n) is 1.01. The van der Waals surface area contributed by atoms with Gasteiger partial charge in [0.2, 0.25) is 0 Å². The monoisotopic (exact) mass is 179 g/mol. The van der Waals surface area contributed by atoms with Crippen LogP contribution in [-0.2, 0) is 0 Å². The van der Waals surface area contributed by atoms with Crippen molar-refractivity contribution in [3.63, 3.8) is 0 Å². The molecule has 0 fully saturated rings. The molecule has 0 spiro atoms. The van der Waals surface area contributed by atoms with Crippen LogP contribution in [0.15, 0.2) is 30.3 Å². The maximum Gasteiger partial charge on any atom is 0.182 e. The maximum atomic E-state index is 11.5. The number of nitrogens with two attached hydrogens (primary N) is 1. The van der Waals surface area contributed by atoms with Crippen LogP contribution in [0, 0.1) is 0 Å². The topological polar surface area (TPSA) is 63.3 Å². The molecule has 0 heterocycles. The van der Waals surface area contributed by atoms with Crippen LogP contribution in [0.2, 0.25) is 0 Å². The quantitative estimate of drug-likeness (QED) is 0.667. The van der Waals surface area contributed by atoms with Crippen LogP contribution in [-0.4, -0.2) is 23.0 Å². The molecule has 1 rings (SSSR count). The fraction of sp³-hybridized carbons (Fsp3) is 0.300. The molecule has 13 heavy (non-hydrogen) atoms. The zero-order valence-electron chi connectivity index (χ0n) is 7.47. The third-order valence-electron chi connectivity index (χ3n) is 1.88. The molecule has 0 aromatic heterocycles. The van der Waals surface area contributed by atoms with Crippen LogP contribution in [0.1, 0.15) is 17.3 Å². The summed E-state index contributed by atoms with van der Waals surface area (Å²) in [6.45, 7) is 1.51. The first-order valence-corrected chi connectivity index (χ1v) is 4.16. The number of carbonyl (C=O) groups excluding carboxylic acids is 1. The first kappa shape index (κ1) is 9.89. The minimum atomic E-state index is -0.831. The minimum absolute atomic E-state index is 0.226. The number of carbonyl (C=O) groups is 1. The molecule has 70 valence electrons. The van der Waals surface area contributed by atoms with Crippen molar-refractivity contribution in [1.29, 1.82) is 0 Å². The summed E-state index contributed by atoms with van der Waals surface area (Å²) in [5.74, 6) is -0.226. The van der Waals surface area contributed by atoms with Crippen molar-refractivity contribution in [2.24, 2.45) is 5.73 Å². The summed E-state index contributed by atoms with van der Waals surface area (Å²) in [5, 5.41) is 9.11. The van der Waals surface area contributed by atoms with Gasteiger partial charge in [-0.25, -0.2) is 0 Å². The molecule has 3 nitrogen and oxygen atoms in total. The average Bonchev–Trinajstić information content (AvgIpc) is 2.17. The Morgan fingerprint density at radius 1 is 1.38 bits per heavy atom. The molecule has 0 bridgehead atoms. The van der Waals surface area contributed by atoms with E-state index in [-0.39, 0.29) is 5.78 Å². The number of aliphatic hydroxyl groups is 1. The molecule has 3 N–H and O–H groups in total. The van der Waals surface area contributed by atoms with Crippen molar-refractivity contribution < 1.29 is 9.90 Å². The summed E-state index contributed by atoms with van der Waals surface area (Å²) >= 11 is 0. The highest BCUT2D eigenvalue weighted by atomic mass is 16.3. The highest BCUT2D eigenvalue weighted by Gasteiger charge is 2.19. The largest absolute Gasteiger partial charge is 0.391 e. The molecule has 0 amide bonds. The van der Waals surface area contributed by atoms with Crippen LogP contribution in [0.4, 0.5) is 0 Å². The van der Waals surface area contributed by atoms with Crippen molar-refractivity contribution in [3.05, 3.63) is 35.9 Å². The molecular weight excluding hydrogens is 166 g/mol. The van der Waals surface area contributed by atoms with Crippen LogP contribution >= 0.6 is 0 Å². The third kappa shape index (κ3) is 2.37. The van der Waals surface area contributed by atoms with E-state index in [2.05, 4.69) is 0 Å². The Morgan fingerprint density at radius 3 is 2.38 bits per heavy atom. The summed E-state index contributed by atoms with van der Waals surface area (Å²) in [5.41, 5.74) is 6.03. The van der Waals surface area contributed by atoms with Gasteiger partial charge in [-0.1, -0.05) is 30.3 Å². The molecule has 0 radical (unpaired) electrons. The van der Waals surface area contributed by atoms with Gasteiger partial charge in [-0.3, -0.25) is 4.79 Å². The molecule has 2 atom stereocenters. The minimum Gasteiger partial charge on any atom is -0.391 e. The molecule has 0 aliphatic heterocycles. The number of ketones is 1. The summed E-state index contributed by atoms with van der Waals surface area (Å²) in [7, 11) is 0. The molecule has 3 heteroatoms. The average molecular weight is 179 g/mol. The Kier molecular flexibility index (Phi) is 3.17. The van der Waals surface area contributed by atoms with E-state index < -0.39 is 12.1 Å². The Bertz CT molecular complexity index is 282. The summed E-state index contributed by atoms with van der Waals surface area (Å²) in [4.78, 5) is 11.5. The standard InChI is InChI=1S/C10H13NO2/c1-7(12)9(11)10(13)8-5-3-2-4-6-8/h2-7,9,12H,11H2,1H3. The summed E-state index contributed by atoms with van der Waals surface area (Å²) < 4.78 is 0. The van der Waals surface area contributed by atoms with Gasteiger partial charge in [-0.15, -0.1) is 0 Å². The lowest BCUT2D eigenvalue weighted by atomic mass is 10.0. The molecule has 1 aromatic rings. The predicted molar refractivity (Wildman–Crippen MR) is 50.4 cm³/mol. The van der Waals surface area contributed by atoms with Crippen molar-refractivity contribution >= 4 is 5.78 Å². The molecule has 2 unspecified atom stereocenters. The van der Waals surface area contributed by atoms with E-state index in [9.17, 15) is 4.79 Å². The van der Waals surface area contributed by atoms with Crippen molar-refractivity contribution in [2.75, 3.05) is 0 Å². The van der Waals surface area contributed by atoms with Gasteiger partial charge in [-0.2, -0.15) is 0 Å². The molecule has 1 aromatic carbocycles. The third-order valence-corrected chi connectivity index (χ3v) is 1.88. The Balaban J connectivity index is 2.80. The first-order valence-electron chi connectivity index (χ1n) is 4.16.